The predicted molar refractivity (Wildman–Crippen MR) is 157 cm³/mol. The second-order valence-corrected chi connectivity index (χ2v) is 27.2. The molecule has 2 aliphatic heterocycles. The molecule has 0 radical (unpaired) electrons. The number of allylic oxidation sites excluding steroid dienone is 2. The third-order valence-electron chi connectivity index (χ3n) is 8.62. The van der Waals surface area contributed by atoms with Crippen LogP contribution < -0.4 is 0 Å². The Morgan fingerprint density at radius 2 is 1.21 bits per heavy atom. The number of hydrogen-bond donors (Lipinski definition) is 0. The molecule has 2 unspecified atom stereocenters. The maximum absolute atomic E-state index is 2.61. The number of fused-ring (bicyclic) bond motifs is 2. The number of unbranched alkanes of at least 4 members (excludes halogenated alkanes) is 3. The van der Waals surface area contributed by atoms with Crippen molar-refractivity contribution in [2.45, 2.75) is 86.5 Å². The quantitative estimate of drug-likeness (QED) is 0.173. The van der Waals surface area contributed by atoms with E-state index in [1.807, 2.05) is 5.57 Å². The molecule has 0 amide bonds. The van der Waals surface area contributed by atoms with Gasteiger partial charge < -0.3 is 0 Å². The van der Waals surface area contributed by atoms with Gasteiger partial charge in [-0.05, 0) is 0 Å². The van der Waals surface area contributed by atoms with Crippen LogP contribution in [-0.4, -0.2) is 24.5 Å². The summed E-state index contributed by atoms with van der Waals surface area (Å²) in [7, 11) is -0.208. The third-order valence-corrected chi connectivity index (χ3v) is 31.8. The summed E-state index contributed by atoms with van der Waals surface area (Å²) < 4.78 is 6.84. The molecule has 0 aliphatic carbocycles. The van der Waals surface area contributed by atoms with Crippen molar-refractivity contribution >= 4 is 37.2 Å². The van der Waals surface area contributed by atoms with Gasteiger partial charge in [-0.3, -0.25) is 0 Å². The molecule has 2 heterocycles. The molecular weight excluding hydrogens is 534 g/mol. The van der Waals surface area contributed by atoms with Crippen LogP contribution in [0, 0.1) is 5.41 Å². The molecule has 0 saturated carbocycles. The average Bonchev–Trinajstić information content (AvgIpc) is 3.32. The Morgan fingerprint density at radius 1 is 0.735 bits per heavy atom. The second-order valence-electron chi connectivity index (χ2n) is 10.9. The van der Waals surface area contributed by atoms with Gasteiger partial charge in [-0.1, -0.05) is 0 Å². The monoisotopic (exact) mass is 580 g/mol. The van der Waals surface area contributed by atoms with Crippen LogP contribution in [0.3, 0.4) is 0 Å². The Labute approximate surface area is 215 Å². The van der Waals surface area contributed by atoms with Gasteiger partial charge in [0.05, 0.1) is 0 Å². The predicted octanol–water partition coefficient (Wildman–Crippen LogP) is 10.7. The summed E-state index contributed by atoms with van der Waals surface area (Å²) >= 11 is -2.61. The van der Waals surface area contributed by atoms with Crippen molar-refractivity contribution in [1.29, 1.82) is 0 Å². The molecule has 2 bridgehead atoms. The summed E-state index contributed by atoms with van der Waals surface area (Å²) in [6.45, 7) is 12.3. The average molecular weight is 579 g/mol. The summed E-state index contributed by atoms with van der Waals surface area (Å²) in [5, 5.41) is 1.76. The fraction of sp³-hybridized carbons (Fsp3) is 0.500. The van der Waals surface area contributed by atoms with E-state index >= 15 is 0 Å². The van der Waals surface area contributed by atoms with Crippen LogP contribution >= 0.6 is 7.92 Å². The molecule has 2 heteroatoms. The number of hydrogen-bond acceptors (Lipinski definition) is 0. The normalized spacial score (nSPS) is 22.2. The molecule has 0 aromatic heterocycles. The molecule has 0 N–H and O–H groups in total. The fourth-order valence-electron chi connectivity index (χ4n) is 6.69. The van der Waals surface area contributed by atoms with E-state index < -0.39 is 18.4 Å². The van der Waals surface area contributed by atoms with Crippen LogP contribution in [-0.2, 0) is 0 Å². The van der Waals surface area contributed by atoms with Crippen molar-refractivity contribution in [3.63, 3.8) is 0 Å². The molecule has 34 heavy (non-hydrogen) atoms. The summed E-state index contributed by atoms with van der Waals surface area (Å²) in [4.78, 5) is 0. The van der Waals surface area contributed by atoms with Gasteiger partial charge in [0.25, 0.3) is 0 Å². The van der Waals surface area contributed by atoms with E-state index in [4.69, 9.17) is 0 Å². The molecule has 2 aromatic rings. The van der Waals surface area contributed by atoms with Crippen LogP contribution in [0.5, 0.6) is 0 Å². The number of rotatable bonds is 12. The van der Waals surface area contributed by atoms with Crippen LogP contribution in [0.25, 0.3) is 10.9 Å². The fourth-order valence-corrected chi connectivity index (χ4v) is 35.1. The van der Waals surface area contributed by atoms with Crippen LogP contribution in [0.4, 0.5) is 0 Å². The van der Waals surface area contributed by atoms with Gasteiger partial charge in [-0.15, -0.1) is 0 Å². The molecule has 2 atom stereocenters. The molecule has 0 spiro atoms. The van der Waals surface area contributed by atoms with Gasteiger partial charge in [-0.2, -0.15) is 0 Å². The Hall–Kier alpha value is -0.851. The van der Waals surface area contributed by atoms with Crippen molar-refractivity contribution in [2.75, 3.05) is 6.16 Å². The van der Waals surface area contributed by atoms with Crippen LogP contribution in [0.15, 0.2) is 69.6 Å². The molecule has 0 nitrogen and oxygen atoms in total. The van der Waals surface area contributed by atoms with E-state index in [2.05, 4.69) is 98.6 Å². The molecule has 0 saturated heterocycles. The SMILES string of the molecule is CCC[CH2][Sn]([CH2]CCC)([CH2]CCC)[C]1=C(c2ccccc2)C2(C)CP1C(c1ccccc1)=C2C. The van der Waals surface area contributed by atoms with E-state index in [1.165, 1.54) is 50.3 Å². The van der Waals surface area contributed by atoms with Gasteiger partial charge in [0.2, 0.25) is 0 Å². The first-order valence-electron chi connectivity index (χ1n) is 13.9. The third kappa shape index (κ3) is 4.76. The topological polar surface area (TPSA) is 0 Å². The molecule has 2 aromatic carbocycles. The summed E-state index contributed by atoms with van der Waals surface area (Å²) in [5.74, 6) is 0. The van der Waals surface area contributed by atoms with Gasteiger partial charge in [0.1, 0.15) is 0 Å². The standard InChI is InChI=1S/C20H18P.3C4H9.Sn/c1-15-19(17-11-7-4-8-12-17)21-13-18(20(15,2)14-21)16-9-5-3-6-10-16;3*1-3-4-2;/h3-12H,14H2,1-2H3;3*1,3-4H2,2H3;. The van der Waals surface area contributed by atoms with Crippen molar-refractivity contribution < 1.29 is 0 Å². The Balaban J connectivity index is 1.96. The van der Waals surface area contributed by atoms with Gasteiger partial charge in [0, 0.05) is 0 Å². The number of benzene rings is 2. The first kappa shape index (κ1) is 26.2. The zero-order chi connectivity index (χ0) is 24.2. The van der Waals surface area contributed by atoms with Crippen molar-refractivity contribution in [2.24, 2.45) is 5.41 Å². The molecule has 4 rings (SSSR count). The second kappa shape index (κ2) is 11.5. The Morgan fingerprint density at radius 3 is 1.68 bits per heavy atom. The molecule has 2 aliphatic rings. The van der Waals surface area contributed by atoms with Crippen LogP contribution in [0.2, 0.25) is 13.3 Å². The summed E-state index contributed by atoms with van der Waals surface area (Å²) in [6, 6.07) is 23.1. The molecule has 182 valence electrons. The van der Waals surface area contributed by atoms with Crippen molar-refractivity contribution in [1.82, 2.24) is 0 Å². The van der Waals surface area contributed by atoms with Crippen LogP contribution in [0.1, 0.15) is 84.3 Å². The minimum atomic E-state index is -2.61. The summed E-state index contributed by atoms with van der Waals surface area (Å²) in [6.07, 6.45) is 9.75. The van der Waals surface area contributed by atoms with E-state index in [0.717, 1.165) is 0 Å². The van der Waals surface area contributed by atoms with E-state index in [1.54, 1.807) is 29.8 Å². The molecular formula is C32H45PSn. The van der Waals surface area contributed by atoms with Gasteiger partial charge in [-0.25, -0.2) is 0 Å². The van der Waals surface area contributed by atoms with E-state index in [0.29, 0.717) is 0 Å². The Bertz CT molecular complexity index is 998. The maximum atomic E-state index is 2.61. The van der Waals surface area contributed by atoms with Crippen molar-refractivity contribution in [3.8, 4) is 0 Å². The summed E-state index contributed by atoms with van der Waals surface area (Å²) in [5.41, 5.74) is 6.77. The first-order valence-corrected chi connectivity index (χ1v) is 22.9. The Kier molecular flexibility index (Phi) is 8.84. The molecule has 0 fully saturated rings. The van der Waals surface area contributed by atoms with E-state index in [-0.39, 0.29) is 13.3 Å². The van der Waals surface area contributed by atoms with E-state index in [9.17, 15) is 0 Å². The zero-order valence-corrected chi connectivity index (χ0v) is 26.0. The first-order chi connectivity index (χ1) is 16.5. The van der Waals surface area contributed by atoms with Crippen molar-refractivity contribution in [3.05, 3.63) is 80.7 Å². The minimum absolute atomic E-state index is 0.208. The van der Waals surface area contributed by atoms with Gasteiger partial charge >= 0.3 is 216 Å². The zero-order valence-electron chi connectivity index (χ0n) is 22.3. The van der Waals surface area contributed by atoms with Gasteiger partial charge in [0.15, 0.2) is 0 Å².